The number of amides is 1. The minimum Gasteiger partial charge on any atom is -0.326 e. The van der Waals surface area contributed by atoms with Crippen molar-refractivity contribution in [2.75, 3.05) is 18.4 Å². The number of para-hydroxylation sites is 1. The molecule has 1 unspecified atom stereocenters. The van der Waals surface area contributed by atoms with Gasteiger partial charge >= 0.3 is 0 Å². The van der Waals surface area contributed by atoms with Crippen molar-refractivity contribution in [1.82, 2.24) is 4.90 Å². The van der Waals surface area contributed by atoms with Crippen molar-refractivity contribution >= 4 is 34.8 Å². The number of anilines is 1. The largest absolute Gasteiger partial charge is 0.326 e. The smallest absolute Gasteiger partial charge is 0.228 e. The molecular formula is C19H20Cl2N2O. The lowest BCUT2D eigenvalue weighted by atomic mass is 9.96. The van der Waals surface area contributed by atoms with Gasteiger partial charge in [0.25, 0.3) is 0 Å². The molecule has 0 spiro atoms. The van der Waals surface area contributed by atoms with Crippen molar-refractivity contribution < 1.29 is 4.79 Å². The molecule has 1 N–H and O–H groups in total. The van der Waals surface area contributed by atoms with Gasteiger partial charge < -0.3 is 5.32 Å². The SMILES string of the molecule is O=C(Nc1ccccc1)C1CCCN(Cc2ccc(Cl)cc2Cl)C1. The van der Waals surface area contributed by atoms with E-state index in [9.17, 15) is 4.79 Å². The predicted molar refractivity (Wildman–Crippen MR) is 99.5 cm³/mol. The molecule has 3 rings (SSSR count). The maximum atomic E-state index is 12.5. The first-order chi connectivity index (χ1) is 11.6. The number of nitrogens with one attached hydrogen (secondary N) is 1. The summed E-state index contributed by atoms with van der Waals surface area (Å²) in [6.45, 7) is 2.47. The molecule has 1 fully saturated rings. The van der Waals surface area contributed by atoms with Gasteiger partial charge in [-0.2, -0.15) is 0 Å². The number of rotatable bonds is 4. The molecule has 3 nitrogen and oxygen atoms in total. The fraction of sp³-hybridized carbons (Fsp3) is 0.316. The van der Waals surface area contributed by atoms with Crippen LogP contribution in [-0.4, -0.2) is 23.9 Å². The Bertz CT molecular complexity index is 706. The molecule has 1 aliphatic heterocycles. The Kier molecular flexibility index (Phi) is 5.77. The lowest BCUT2D eigenvalue weighted by molar-refractivity contribution is -0.121. The highest BCUT2D eigenvalue weighted by atomic mass is 35.5. The number of carbonyl (C=O) groups excluding carboxylic acids is 1. The quantitative estimate of drug-likeness (QED) is 0.843. The van der Waals surface area contributed by atoms with E-state index in [0.29, 0.717) is 10.0 Å². The van der Waals surface area contributed by atoms with E-state index in [4.69, 9.17) is 23.2 Å². The van der Waals surface area contributed by atoms with Crippen LogP contribution in [0.15, 0.2) is 48.5 Å². The average Bonchev–Trinajstić information content (AvgIpc) is 2.59. The van der Waals surface area contributed by atoms with Gasteiger partial charge in [-0.1, -0.05) is 47.5 Å². The topological polar surface area (TPSA) is 32.3 Å². The van der Waals surface area contributed by atoms with E-state index in [1.165, 1.54) is 0 Å². The third-order valence-electron chi connectivity index (χ3n) is 4.33. The van der Waals surface area contributed by atoms with Gasteiger partial charge in [0.2, 0.25) is 5.91 Å². The van der Waals surface area contributed by atoms with Gasteiger partial charge in [0.15, 0.2) is 0 Å². The van der Waals surface area contributed by atoms with E-state index >= 15 is 0 Å². The molecule has 1 heterocycles. The van der Waals surface area contributed by atoms with Crippen molar-refractivity contribution in [2.45, 2.75) is 19.4 Å². The Morgan fingerprint density at radius 2 is 1.96 bits per heavy atom. The minimum atomic E-state index is 0.00466. The molecular weight excluding hydrogens is 343 g/mol. The van der Waals surface area contributed by atoms with Crippen LogP contribution < -0.4 is 5.32 Å². The first-order valence-electron chi connectivity index (χ1n) is 8.14. The highest BCUT2D eigenvalue weighted by molar-refractivity contribution is 6.35. The van der Waals surface area contributed by atoms with Gasteiger partial charge in [-0.05, 0) is 49.2 Å². The molecule has 0 bridgehead atoms. The maximum Gasteiger partial charge on any atom is 0.228 e. The molecule has 126 valence electrons. The Hall–Kier alpha value is -1.55. The number of likely N-dealkylation sites (tertiary alicyclic amines) is 1. The third-order valence-corrected chi connectivity index (χ3v) is 4.91. The van der Waals surface area contributed by atoms with E-state index in [2.05, 4.69) is 10.2 Å². The molecule has 2 aromatic rings. The summed E-state index contributed by atoms with van der Waals surface area (Å²) in [6.07, 6.45) is 1.93. The summed E-state index contributed by atoms with van der Waals surface area (Å²) in [4.78, 5) is 14.8. The summed E-state index contributed by atoms with van der Waals surface area (Å²) in [7, 11) is 0. The normalized spacial score (nSPS) is 18.3. The van der Waals surface area contributed by atoms with E-state index in [1.54, 1.807) is 6.07 Å². The summed E-state index contributed by atoms with van der Waals surface area (Å²) in [6, 6.07) is 15.2. The van der Waals surface area contributed by atoms with Crippen LogP contribution in [0.4, 0.5) is 5.69 Å². The first kappa shape index (κ1) is 17.3. The molecule has 2 aromatic carbocycles. The second-order valence-corrected chi connectivity index (χ2v) is 7.01. The number of carbonyl (C=O) groups is 1. The number of benzene rings is 2. The van der Waals surface area contributed by atoms with Gasteiger partial charge in [-0.15, -0.1) is 0 Å². The number of nitrogens with zero attached hydrogens (tertiary/aromatic N) is 1. The van der Waals surface area contributed by atoms with Gasteiger partial charge in [-0.25, -0.2) is 0 Å². The van der Waals surface area contributed by atoms with Crippen molar-refractivity contribution in [2.24, 2.45) is 5.92 Å². The standard InChI is InChI=1S/C19H20Cl2N2O/c20-16-9-8-14(18(21)11-16)12-23-10-4-5-15(13-23)19(24)22-17-6-2-1-3-7-17/h1-3,6-9,11,15H,4-5,10,12-13H2,(H,22,24). The fourth-order valence-corrected chi connectivity index (χ4v) is 3.54. The predicted octanol–water partition coefficient (Wildman–Crippen LogP) is 4.84. The summed E-state index contributed by atoms with van der Waals surface area (Å²) >= 11 is 12.2. The number of halogens is 2. The van der Waals surface area contributed by atoms with E-state index < -0.39 is 0 Å². The number of hydrogen-bond acceptors (Lipinski definition) is 2. The average molecular weight is 363 g/mol. The van der Waals surface area contributed by atoms with Crippen molar-refractivity contribution in [1.29, 1.82) is 0 Å². The zero-order chi connectivity index (χ0) is 16.9. The second-order valence-electron chi connectivity index (χ2n) is 6.17. The van der Waals surface area contributed by atoms with E-state index in [1.807, 2.05) is 42.5 Å². The molecule has 5 heteroatoms. The molecule has 1 amide bonds. The highest BCUT2D eigenvalue weighted by Crippen LogP contribution is 2.25. The summed E-state index contributed by atoms with van der Waals surface area (Å²) in [5.41, 5.74) is 1.89. The number of piperidine rings is 1. The Labute approximate surface area is 152 Å². The van der Waals surface area contributed by atoms with Crippen LogP contribution in [0.25, 0.3) is 0 Å². The van der Waals surface area contributed by atoms with Crippen LogP contribution in [0.3, 0.4) is 0 Å². The van der Waals surface area contributed by atoms with Crippen LogP contribution in [0.5, 0.6) is 0 Å². The first-order valence-corrected chi connectivity index (χ1v) is 8.89. The van der Waals surface area contributed by atoms with Crippen LogP contribution >= 0.6 is 23.2 Å². The van der Waals surface area contributed by atoms with E-state index in [0.717, 1.165) is 43.7 Å². The highest BCUT2D eigenvalue weighted by Gasteiger charge is 2.26. The minimum absolute atomic E-state index is 0.00466. The molecule has 1 saturated heterocycles. The van der Waals surface area contributed by atoms with Crippen LogP contribution in [-0.2, 0) is 11.3 Å². The molecule has 1 atom stereocenters. The van der Waals surface area contributed by atoms with E-state index in [-0.39, 0.29) is 11.8 Å². The molecule has 24 heavy (non-hydrogen) atoms. The van der Waals surface area contributed by atoms with Crippen molar-refractivity contribution in [3.63, 3.8) is 0 Å². The van der Waals surface area contributed by atoms with Gasteiger partial charge in [0, 0.05) is 28.8 Å². The van der Waals surface area contributed by atoms with Crippen LogP contribution in [0.1, 0.15) is 18.4 Å². The monoisotopic (exact) mass is 362 g/mol. The summed E-state index contributed by atoms with van der Waals surface area (Å²) in [5, 5.41) is 4.33. The molecule has 1 aliphatic rings. The molecule has 0 aromatic heterocycles. The lowest BCUT2D eigenvalue weighted by Crippen LogP contribution is -2.40. The zero-order valence-corrected chi connectivity index (χ0v) is 14.9. The number of hydrogen-bond donors (Lipinski definition) is 1. The summed E-state index contributed by atoms with van der Waals surface area (Å²) < 4.78 is 0. The molecule has 0 saturated carbocycles. The zero-order valence-electron chi connectivity index (χ0n) is 13.3. The summed E-state index contributed by atoms with van der Waals surface area (Å²) in [5.74, 6) is 0.0955. The van der Waals surface area contributed by atoms with Gasteiger partial charge in [-0.3, -0.25) is 9.69 Å². The van der Waals surface area contributed by atoms with Crippen molar-refractivity contribution in [3.8, 4) is 0 Å². The Morgan fingerprint density at radius 1 is 1.17 bits per heavy atom. The lowest BCUT2D eigenvalue weighted by Gasteiger charge is -2.32. The van der Waals surface area contributed by atoms with Crippen molar-refractivity contribution in [3.05, 3.63) is 64.1 Å². The second kappa shape index (κ2) is 8.02. The molecule has 0 aliphatic carbocycles. The van der Waals surface area contributed by atoms with Crippen LogP contribution in [0, 0.1) is 5.92 Å². The fourth-order valence-electron chi connectivity index (χ4n) is 3.07. The Morgan fingerprint density at radius 3 is 2.71 bits per heavy atom. The molecule has 0 radical (unpaired) electrons. The van der Waals surface area contributed by atoms with Gasteiger partial charge in [0.1, 0.15) is 0 Å². The third kappa shape index (κ3) is 4.50. The van der Waals surface area contributed by atoms with Crippen LogP contribution in [0.2, 0.25) is 10.0 Å². The van der Waals surface area contributed by atoms with Gasteiger partial charge in [0.05, 0.1) is 5.92 Å². The maximum absolute atomic E-state index is 12.5. The Balaban J connectivity index is 1.60.